The van der Waals surface area contributed by atoms with E-state index in [-0.39, 0.29) is 11.6 Å². The van der Waals surface area contributed by atoms with Crippen molar-refractivity contribution in [1.82, 2.24) is 5.32 Å². The van der Waals surface area contributed by atoms with E-state index < -0.39 is 39.9 Å². The number of anilines is 1. The maximum absolute atomic E-state index is 13.0. The lowest BCUT2D eigenvalue weighted by molar-refractivity contribution is -0.137. The second-order valence-corrected chi connectivity index (χ2v) is 9.04. The highest BCUT2D eigenvalue weighted by molar-refractivity contribution is 7.92. The summed E-state index contributed by atoms with van der Waals surface area (Å²) in [5.41, 5.74) is -0.692. The first-order valence-electron chi connectivity index (χ1n) is 9.19. The molecule has 0 saturated carbocycles. The first-order chi connectivity index (χ1) is 14.9. The molecule has 2 aromatic rings. The van der Waals surface area contributed by atoms with E-state index in [9.17, 15) is 26.4 Å². The Morgan fingerprint density at radius 1 is 1.09 bits per heavy atom. The summed E-state index contributed by atoms with van der Waals surface area (Å²) in [5, 5.41) is 2.32. The highest BCUT2D eigenvalue weighted by Crippen LogP contribution is 2.36. The van der Waals surface area contributed by atoms with E-state index in [1.807, 2.05) is 0 Å². The van der Waals surface area contributed by atoms with Crippen molar-refractivity contribution >= 4 is 33.2 Å². The van der Waals surface area contributed by atoms with Crippen LogP contribution in [0.4, 0.5) is 18.9 Å². The van der Waals surface area contributed by atoms with Crippen molar-refractivity contribution in [3.05, 3.63) is 52.5 Å². The Bertz CT molecular complexity index is 1080. The number of nitrogens with zero attached hydrogens (tertiary/aromatic N) is 1. The van der Waals surface area contributed by atoms with E-state index in [0.717, 1.165) is 24.0 Å². The molecule has 0 fully saturated rings. The van der Waals surface area contributed by atoms with Gasteiger partial charge in [-0.05, 0) is 42.3 Å². The Labute approximate surface area is 189 Å². The fraction of sp³-hybridized carbons (Fsp3) is 0.350. The normalized spacial score (nSPS) is 11.7. The second kappa shape index (κ2) is 10.3. The van der Waals surface area contributed by atoms with Gasteiger partial charge in [-0.15, -0.1) is 0 Å². The fourth-order valence-electron chi connectivity index (χ4n) is 2.83. The van der Waals surface area contributed by atoms with Crippen LogP contribution in [-0.2, 0) is 27.4 Å². The number of alkyl halides is 3. The number of benzene rings is 2. The van der Waals surface area contributed by atoms with Gasteiger partial charge in [0, 0.05) is 6.54 Å². The van der Waals surface area contributed by atoms with E-state index in [1.54, 1.807) is 18.2 Å². The molecule has 176 valence electrons. The van der Waals surface area contributed by atoms with Crippen LogP contribution in [0.2, 0.25) is 5.02 Å². The molecule has 32 heavy (non-hydrogen) atoms. The van der Waals surface area contributed by atoms with Gasteiger partial charge in [-0.25, -0.2) is 8.42 Å². The van der Waals surface area contributed by atoms with Gasteiger partial charge < -0.3 is 14.8 Å². The first-order valence-corrected chi connectivity index (χ1v) is 11.4. The van der Waals surface area contributed by atoms with Crippen LogP contribution in [0.3, 0.4) is 0 Å². The highest BCUT2D eigenvalue weighted by Gasteiger charge is 2.33. The van der Waals surface area contributed by atoms with Gasteiger partial charge in [0.2, 0.25) is 15.9 Å². The second-order valence-electron chi connectivity index (χ2n) is 6.72. The number of hydrogen-bond acceptors (Lipinski definition) is 5. The van der Waals surface area contributed by atoms with Gasteiger partial charge in [0.25, 0.3) is 0 Å². The van der Waals surface area contributed by atoms with Crippen LogP contribution in [0.1, 0.15) is 11.1 Å². The summed E-state index contributed by atoms with van der Waals surface area (Å²) in [6, 6.07) is 7.48. The third kappa shape index (κ3) is 6.67. The van der Waals surface area contributed by atoms with Gasteiger partial charge in [-0.2, -0.15) is 13.2 Å². The average molecular weight is 495 g/mol. The van der Waals surface area contributed by atoms with Crippen molar-refractivity contribution in [1.29, 1.82) is 0 Å². The maximum Gasteiger partial charge on any atom is 0.416 e. The van der Waals surface area contributed by atoms with E-state index in [1.165, 1.54) is 14.2 Å². The summed E-state index contributed by atoms with van der Waals surface area (Å²) in [5.74, 6) is 0.352. The molecule has 0 aliphatic carbocycles. The number of sulfonamides is 1. The summed E-state index contributed by atoms with van der Waals surface area (Å²) in [7, 11) is -1.11. The molecular weight excluding hydrogens is 473 g/mol. The zero-order valence-electron chi connectivity index (χ0n) is 17.5. The minimum absolute atomic E-state index is 0.155. The molecule has 0 unspecified atom stereocenters. The summed E-state index contributed by atoms with van der Waals surface area (Å²) in [6.45, 7) is -0.575. The minimum atomic E-state index is -4.70. The van der Waals surface area contributed by atoms with Gasteiger partial charge in [-0.1, -0.05) is 17.7 Å². The molecule has 0 aliphatic rings. The summed E-state index contributed by atoms with van der Waals surface area (Å²) < 4.78 is 74.4. The van der Waals surface area contributed by atoms with Crippen molar-refractivity contribution in [3.8, 4) is 11.5 Å². The van der Waals surface area contributed by atoms with Crippen LogP contribution in [0.25, 0.3) is 0 Å². The molecule has 0 saturated heterocycles. The number of rotatable bonds is 9. The maximum atomic E-state index is 13.0. The Morgan fingerprint density at radius 3 is 2.31 bits per heavy atom. The van der Waals surface area contributed by atoms with Crippen molar-refractivity contribution in [2.24, 2.45) is 0 Å². The van der Waals surface area contributed by atoms with Crippen LogP contribution < -0.4 is 19.1 Å². The van der Waals surface area contributed by atoms with E-state index in [2.05, 4.69) is 5.32 Å². The molecule has 1 N–H and O–H groups in total. The van der Waals surface area contributed by atoms with E-state index in [0.29, 0.717) is 28.3 Å². The molecule has 0 bridgehead atoms. The molecule has 0 aromatic heterocycles. The lowest BCUT2D eigenvalue weighted by Gasteiger charge is -2.24. The SMILES string of the molecule is COc1ccc(CCNC(=O)CN(c2cc(C(F)(F)F)ccc2Cl)S(C)(=O)=O)cc1OC. The molecule has 2 aromatic carbocycles. The molecule has 0 spiro atoms. The monoisotopic (exact) mass is 494 g/mol. The van der Waals surface area contributed by atoms with Crippen LogP contribution in [0, 0.1) is 0 Å². The van der Waals surface area contributed by atoms with Gasteiger partial charge in [0.1, 0.15) is 6.54 Å². The van der Waals surface area contributed by atoms with Crippen molar-refractivity contribution in [2.45, 2.75) is 12.6 Å². The molecule has 0 radical (unpaired) electrons. The fourth-order valence-corrected chi connectivity index (χ4v) is 3.96. The van der Waals surface area contributed by atoms with E-state index >= 15 is 0 Å². The summed E-state index contributed by atoms with van der Waals surface area (Å²) >= 11 is 5.94. The molecule has 2 rings (SSSR count). The Kier molecular flexibility index (Phi) is 8.24. The van der Waals surface area contributed by atoms with Crippen molar-refractivity contribution in [3.63, 3.8) is 0 Å². The largest absolute Gasteiger partial charge is 0.493 e. The Balaban J connectivity index is 2.12. The lowest BCUT2D eigenvalue weighted by Crippen LogP contribution is -2.41. The number of amides is 1. The predicted molar refractivity (Wildman–Crippen MR) is 115 cm³/mol. The van der Waals surface area contributed by atoms with Crippen LogP contribution in [-0.4, -0.2) is 47.9 Å². The number of halogens is 4. The average Bonchev–Trinajstić information content (AvgIpc) is 2.70. The van der Waals surface area contributed by atoms with Crippen LogP contribution in [0.15, 0.2) is 36.4 Å². The van der Waals surface area contributed by atoms with Crippen molar-refractivity contribution < 1.29 is 35.9 Å². The number of carbonyl (C=O) groups is 1. The molecule has 0 heterocycles. The van der Waals surface area contributed by atoms with Gasteiger partial charge in [0.05, 0.1) is 36.7 Å². The number of ether oxygens (including phenoxy) is 2. The summed E-state index contributed by atoms with van der Waals surface area (Å²) in [4.78, 5) is 12.4. The standard InChI is InChI=1S/C20H22ClF3N2O5S/c1-30-17-7-4-13(10-18(17)31-2)8-9-25-19(27)12-26(32(3,28)29)16-11-14(20(22,23)24)5-6-15(16)21/h4-7,10-11H,8-9,12H2,1-3H3,(H,25,27). The quantitative estimate of drug-likeness (QED) is 0.577. The molecule has 7 nitrogen and oxygen atoms in total. The summed E-state index contributed by atoms with van der Waals surface area (Å²) in [6.07, 6.45) is -3.53. The van der Waals surface area contributed by atoms with Crippen LogP contribution >= 0.6 is 11.6 Å². The Hall–Kier alpha value is -2.66. The molecular formula is C20H22ClF3N2O5S. The van der Waals surface area contributed by atoms with Crippen molar-refractivity contribution in [2.75, 3.05) is 37.9 Å². The van der Waals surface area contributed by atoms with Gasteiger partial charge in [-0.3, -0.25) is 9.10 Å². The third-order valence-corrected chi connectivity index (χ3v) is 5.86. The zero-order chi connectivity index (χ0) is 24.1. The molecule has 0 aliphatic heterocycles. The number of carbonyl (C=O) groups excluding carboxylic acids is 1. The molecule has 0 atom stereocenters. The predicted octanol–water partition coefficient (Wildman–Crippen LogP) is 3.50. The zero-order valence-corrected chi connectivity index (χ0v) is 19.1. The van der Waals surface area contributed by atoms with E-state index in [4.69, 9.17) is 21.1 Å². The number of hydrogen-bond donors (Lipinski definition) is 1. The van der Waals surface area contributed by atoms with Gasteiger partial charge in [0.15, 0.2) is 11.5 Å². The highest BCUT2D eigenvalue weighted by atomic mass is 35.5. The first kappa shape index (κ1) is 25.6. The third-order valence-electron chi connectivity index (χ3n) is 4.41. The topological polar surface area (TPSA) is 84.9 Å². The number of nitrogens with one attached hydrogen (secondary N) is 1. The Morgan fingerprint density at radius 2 is 1.75 bits per heavy atom. The van der Waals surface area contributed by atoms with Gasteiger partial charge >= 0.3 is 6.18 Å². The smallest absolute Gasteiger partial charge is 0.416 e. The molecule has 12 heteroatoms. The number of methoxy groups -OCH3 is 2. The molecule has 1 amide bonds. The van der Waals surface area contributed by atoms with Crippen LogP contribution in [0.5, 0.6) is 11.5 Å². The minimum Gasteiger partial charge on any atom is -0.493 e. The lowest BCUT2D eigenvalue weighted by atomic mass is 10.1.